The van der Waals surface area contributed by atoms with Gasteiger partial charge in [0.05, 0.1) is 24.2 Å². The highest BCUT2D eigenvalue weighted by atomic mass is 28.4. The van der Waals surface area contributed by atoms with Gasteiger partial charge in [0.2, 0.25) is 0 Å². The highest BCUT2D eigenvalue weighted by Crippen LogP contribution is 2.25. The van der Waals surface area contributed by atoms with Crippen molar-refractivity contribution in [1.29, 1.82) is 0 Å². The van der Waals surface area contributed by atoms with E-state index < -0.39 is 13.2 Å². The van der Waals surface area contributed by atoms with Crippen LogP contribution in [0.1, 0.15) is 5.56 Å². The van der Waals surface area contributed by atoms with Gasteiger partial charge >= 0.3 is 0 Å². The van der Waals surface area contributed by atoms with Gasteiger partial charge in [0, 0.05) is 6.07 Å². The van der Waals surface area contributed by atoms with E-state index in [9.17, 15) is 10.1 Å². The Morgan fingerprint density at radius 1 is 1.35 bits per heavy atom. The van der Waals surface area contributed by atoms with Crippen LogP contribution in [0, 0.1) is 10.1 Å². The Hall–Kier alpha value is -1.40. The Morgan fingerprint density at radius 2 is 2.00 bits per heavy atom. The summed E-state index contributed by atoms with van der Waals surface area (Å²) in [5, 5.41) is 10.9. The standard InChI is InChI=1S/C11H17NO4Si/c1-15-10-5-6-11(12(13)14)9(7-10)8-16-17(2,3)4/h5-7H,8H2,1-4H3. The summed E-state index contributed by atoms with van der Waals surface area (Å²) in [5.74, 6) is 0.602. The topological polar surface area (TPSA) is 61.6 Å². The maximum absolute atomic E-state index is 10.9. The van der Waals surface area contributed by atoms with E-state index in [1.165, 1.54) is 13.2 Å². The molecule has 0 bridgehead atoms. The van der Waals surface area contributed by atoms with Crippen LogP contribution >= 0.6 is 0 Å². The Balaban J connectivity index is 2.97. The zero-order valence-corrected chi connectivity index (χ0v) is 11.5. The van der Waals surface area contributed by atoms with Crippen LogP contribution in [0.4, 0.5) is 5.69 Å². The van der Waals surface area contributed by atoms with E-state index in [2.05, 4.69) is 0 Å². The lowest BCUT2D eigenvalue weighted by Gasteiger charge is -2.17. The fourth-order valence-electron chi connectivity index (χ4n) is 1.28. The highest BCUT2D eigenvalue weighted by molar-refractivity contribution is 6.69. The molecule has 0 aliphatic heterocycles. The predicted molar refractivity (Wildman–Crippen MR) is 67.8 cm³/mol. The molecule has 0 radical (unpaired) electrons. The van der Waals surface area contributed by atoms with Crippen LogP contribution in [-0.4, -0.2) is 20.4 Å². The predicted octanol–water partition coefficient (Wildman–Crippen LogP) is 2.95. The van der Waals surface area contributed by atoms with Crippen LogP contribution in [0.3, 0.4) is 0 Å². The van der Waals surface area contributed by atoms with E-state index in [4.69, 9.17) is 9.16 Å². The van der Waals surface area contributed by atoms with E-state index >= 15 is 0 Å². The maximum atomic E-state index is 10.9. The van der Waals surface area contributed by atoms with Crippen LogP contribution < -0.4 is 4.74 Å². The molecule has 0 fully saturated rings. The largest absolute Gasteiger partial charge is 0.497 e. The van der Waals surface area contributed by atoms with Crippen molar-refractivity contribution in [3.05, 3.63) is 33.9 Å². The van der Waals surface area contributed by atoms with Gasteiger partial charge in [-0.2, -0.15) is 0 Å². The van der Waals surface area contributed by atoms with Gasteiger partial charge in [-0.1, -0.05) is 0 Å². The lowest BCUT2D eigenvalue weighted by atomic mass is 10.2. The molecule has 5 nitrogen and oxygen atoms in total. The molecule has 1 aromatic carbocycles. The number of ether oxygens (including phenoxy) is 1. The van der Waals surface area contributed by atoms with Crippen molar-refractivity contribution >= 4 is 14.0 Å². The summed E-state index contributed by atoms with van der Waals surface area (Å²) >= 11 is 0. The second kappa shape index (κ2) is 5.28. The first-order chi connectivity index (χ1) is 7.83. The van der Waals surface area contributed by atoms with Crippen molar-refractivity contribution in [2.24, 2.45) is 0 Å². The Morgan fingerprint density at radius 3 is 2.47 bits per heavy atom. The van der Waals surface area contributed by atoms with Gasteiger partial charge < -0.3 is 9.16 Å². The van der Waals surface area contributed by atoms with Gasteiger partial charge in [-0.25, -0.2) is 0 Å². The minimum Gasteiger partial charge on any atom is -0.497 e. The first-order valence-electron chi connectivity index (χ1n) is 5.29. The van der Waals surface area contributed by atoms with Gasteiger partial charge in [0.1, 0.15) is 5.75 Å². The molecular formula is C11H17NO4Si. The molecule has 0 heterocycles. The molecule has 0 saturated heterocycles. The monoisotopic (exact) mass is 255 g/mol. The summed E-state index contributed by atoms with van der Waals surface area (Å²) in [6.45, 7) is 6.38. The first kappa shape index (κ1) is 13.7. The molecule has 0 spiro atoms. The third kappa shape index (κ3) is 4.16. The van der Waals surface area contributed by atoms with E-state index in [0.717, 1.165) is 0 Å². The number of nitro benzene ring substituents is 1. The average Bonchev–Trinajstić information content (AvgIpc) is 2.24. The number of nitrogens with zero attached hydrogens (tertiary/aromatic N) is 1. The fraction of sp³-hybridized carbons (Fsp3) is 0.455. The van der Waals surface area contributed by atoms with E-state index in [-0.39, 0.29) is 12.3 Å². The van der Waals surface area contributed by atoms with Crippen LogP contribution in [0.15, 0.2) is 18.2 Å². The van der Waals surface area contributed by atoms with Crippen molar-refractivity contribution in [2.45, 2.75) is 26.2 Å². The number of hydrogen-bond donors (Lipinski definition) is 0. The molecule has 94 valence electrons. The summed E-state index contributed by atoms with van der Waals surface area (Å²) in [7, 11) is -0.157. The molecule has 17 heavy (non-hydrogen) atoms. The number of methoxy groups -OCH3 is 1. The van der Waals surface area contributed by atoms with Gasteiger partial charge in [-0.05, 0) is 31.8 Å². The normalized spacial score (nSPS) is 11.3. The zero-order chi connectivity index (χ0) is 13.1. The van der Waals surface area contributed by atoms with Crippen molar-refractivity contribution in [3.8, 4) is 5.75 Å². The van der Waals surface area contributed by atoms with Crippen LogP contribution in [0.5, 0.6) is 5.75 Å². The molecule has 0 amide bonds. The molecule has 0 N–H and O–H groups in total. The van der Waals surface area contributed by atoms with E-state index in [1.54, 1.807) is 12.1 Å². The molecule has 1 aromatic rings. The smallest absolute Gasteiger partial charge is 0.275 e. The zero-order valence-electron chi connectivity index (χ0n) is 10.5. The minimum absolute atomic E-state index is 0.0732. The molecule has 0 saturated carbocycles. The van der Waals surface area contributed by atoms with E-state index in [0.29, 0.717) is 11.3 Å². The van der Waals surface area contributed by atoms with E-state index in [1.807, 2.05) is 19.6 Å². The van der Waals surface area contributed by atoms with Crippen molar-refractivity contribution < 1.29 is 14.1 Å². The second-order valence-electron chi connectivity index (χ2n) is 4.65. The SMILES string of the molecule is COc1ccc([N+](=O)[O-])c(CO[Si](C)(C)C)c1. The summed E-state index contributed by atoms with van der Waals surface area (Å²) < 4.78 is 10.7. The van der Waals surface area contributed by atoms with Crippen molar-refractivity contribution in [2.75, 3.05) is 7.11 Å². The summed E-state index contributed by atoms with van der Waals surface area (Å²) in [6.07, 6.45) is 0. The quantitative estimate of drug-likeness (QED) is 0.461. The lowest BCUT2D eigenvalue weighted by molar-refractivity contribution is -0.385. The molecule has 0 aliphatic rings. The van der Waals surface area contributed by atoms with Gasteiger partial charge in [-0.15, -0.1) is 0 Å². The summed E-state index contributed by atoms with van der Waals surface area (Å²) in [5.41, 5.74) is 0.626. The van der Waals surface area contributed by atoms with Crippen LogP contribution in [-0.2, 0) is 11.0 Å². The van der Waals surface area contributed by atoms with Crippen LogP contribution in [0.2, 0.25) is 19.6 Å². The molecule has 0 aliphatic carbocycles. The fourth-order valence-corrected chi connectivity index (χ4v) is 1.87. The molecule has 0 unspecified atom stereocenters. The third-order valence-electron chi connectivity index (χ3n) is 2.14. The van der Waals surface area contributed by atoms with Gasteiger partial charge in [0.15, 0.2) is 8.32 Å². The van der Waals surface area contributed by atoms with Crippen molar-refractivity contribution in [1.82, 2.24) is 0 Å². The van der Waals surface area contributed by atoms with Gasteiger partial charge in [-0.3, -0.25) is 10.1 Å². The molecular weight excluding hydrogens is 238 g/mol. The molecule has 1 rings (SSSR count). The second-order valence-corrected chi connectivity index (χ2v) is 9.17. The maximum Gasteiger partial charge on any atom is 0.275 e. The number of benzene rings is 1. The van der Waals surface area contributed by atoms with Gasteiger partial charge in [0.25, 0.3) is 5.69 Å². The highest BCUT2D eigenvalue weighted by Gasteiger charge is 2.19. The number of nitro groups is 1. The minimum atomic E-state index is -1.69. The molecule has 0 atom stereocenters. The summed E-state index contributed by atoms with van der Waals surface area (Å²) in [6, 6.07) is 4.68. The Labute approximate surface area is 102 Å². The molecule has 0 aromatic heterocycles. The Bertz CT molecular complexity index is 414. The molecule has 6 heteroatoms. The van der Waals surface area contributed by atoms with Crippen molar-refractivity contribution in [3.63, 3.8) is 0 Å². The Kier molecular flexibility index (Phi) is 4.25. The lowest BCUT2D eigenvalue weighted by Crippen LogP contribution is -2.25. The number of hydrogen-bond acceptors (Lipinski definition) is 4. The number of rotatable bonds is 5. The average molecular weight is 255 g/mol. The van der Waals surface area contributed by atoms with Crippen LogP contribution in [0.25, 0.3) is 0 Å². The summed E-state index contributed by atoms with van der Waals surface area (Å²) in [4.78, 5) is 10.5. The first-order valence-corrected chi connectivity index (χ1v) is 8.69. The third-order valence-corrected chi connectivity index (χ3v) is 3.15.